The number of ether oxygens (including phenoxy) is 3. The van der Waals surface area contributed by atoms with E-state index >= 15 is 0 Å². The van der Waals surface area contributed by atoms with Gasteiger partial charge in [0.25, 0.3) is 0 Å². The summed E-state index contributed by atoms with van der Waals surface area (Å²) in [7, 11) is 6.83. The van der Waals surface area contributed by atoms with E-state index in [0.29, 0.717) is 23.8 Å². The Morgan fingerprint density at radius 2 is 1.62 bits per heavy atom. The maximum atomic E-state index is 13.1. The molecule has 29 heavy (non-hydrogen) atoms. The van der Waals surface area contributed by atoms with E-state index in [1.165, 1.54) is 0 Å². The van der Waals surface area contributed by atoms with Crippen molar-refractivity contribution in [1.82, 2.24) is 9.80 Å². The average Bonchev–Trinajstić information content (AvgIpc) is 2.77. The molecule has 6 nitrogen and oxygen atoms in total. The van der Waals surface area contributed by atoms with Gasteiger partial charge in [-0.25, -0.2) is 0 Å². The smallest absolute Gasteiger partial charge is 0.247 e. The van der Waals surface area contributed by atoms with Gasteiger partial charge in [0.05, 0.1) is 27.4 Å². The summed E-state index contributed by atoms with van der Waals surface area (Å²) in [6, 6.07) is 13.8. The largest absolute Gasteiger partial charge is 0.496 e. The maximum Gasteiger partial charge on any atom is 0.247 e. The summed E-state index contributed by atoms with van der Waals surface area (Å²) < 4.78 is 16.1. The van der Waals surface area contributed by atoms with Crippen LogP contribution in [-0.4, -0.2) is 63.7 Å². The van der Waals surface area contributed by atoms with E-state index in [1.807, 2.05) is 23.1 Å². The summed E-state index contributed by atoms with van der Waals surface area (Å²) in [6.45, 7) is 2.34. The van der Waals surface area contributed by atoms with Crippen LogP contribution in [0.5, 0.6) is 17.2 Å². The number of hydrogen-bond acceptors (Lipinski definition) is 5. The zero-order valence-electron chi connectivity index (χ0n) is 17.4. The third-order valence-electron chi connectivity index (χ3n) is 5.19. The predicted octanol–water partition coefficient (Wildman–Crippen LogP) is 3.24. The fourth-order valence-electron chi connectivity index (χ4n) is 3.58. The molecule has 3 rings (SSSR count). The molecule has 0 bridgehead atoms. The van der Waals surface area contributed by atoms with Crippen molar-refractivity contribution in [3.63, 3.8) is 0 Å². The van der Waals surface area contributed by atoms with Gasteiger partial charge in [-0.1, -0.05) is 30.3 Å². The molecule has 0 aliphatic carbocycles. The second-order valence-corrected chi connectivity index (χ2v) is 7.00. The molecule has 1 aliphatic heterocycles. The fraction of sp³-hybridized carbons (Fsp3) is 0.348. The monoisotopic (exact) mass is 396 g/mol. The molecular formula is C23H28N2O4. The van der Waals surface area contributed by atoms with Crippen LogP contribution < -0.4 is 14.2 Å². The molecule has 1 unspecified atom stereocenters. The van der Waals surface area contributed by atoms with Gasteiger partial charge >= 0.3 is 0 Å². The molecule has 0 radical (unpaired) electrons. The van der Waals surface area contributed by atoms with Crippen molar-refractivity contribution in [2.75, 3.05) is 48.0 Å². The molecule has 1 amide bonds. The summed E-state index contributed by atoms with van der Waals surface area (Å²) in [6.07, 6.45) is 3.37. The van der Waals surface area contributed by atoms with E-state index in [9.17, 15) is 4.79 Å². The molecule has 2 aromatic carbocycles. The van der Waals surface area contributed by atoms with Crippen LogP contribution in [0, 0.1) is 0 Å². The Kier molecular flexibility index (Phi) is 6.77. The topological polar surface area (TPSA) is 51.2 Å². The lowest BCUT2D eigenvalue weighted by atomic mass is 10.0. The molecule has 1 heterocycles. The molecule has 154 valence electrons. The predicted molar refractivity (Wildman–Crippen MR) is 114 cm³/mol. The van der Waals surface area contributed by atoms with Gasteiger partial charge in [-0.2, -0.15) is 0 Å². The van der Waals surface area contributed by atoms with E-state index in [0.717, 1.165) is 24.2 Å². The highest BCUT2D eigenvalue weighted by molar-refractivity contribution is 5.92. The number of methoxy groups -OCH3 is 3. The van der Waals surface area contributed by atoms with Gasteiger partial charge in [-0.05, 0) is 24.8 Å². The average molecular weight is 396 g/mol. The molecule has 0 aromatic heterocycles. The van der Waals surface area contributed by atoms with Gasteiger partial charge in [0, 0.05) is 37.3 Å². The second-order valence-electron chi connectivity index (χ2n) is 7.00. The first-order valence-electron chi connectivity index (χ1n) is 9.59. The Balaban J connectivity index is 1.85. The Labute approximate surface area is 172 Å². The molecule has 1 saturated heterocycles. The van der Waals surface area contributed by atoms with Crippen molar-refractivity contribution in [3.05, 3.63) is 59.7 Å². The summed E-state index contributed by atoms with van der Waals surface area (Å²) in [5.41, 5.74) is 1.90. The maximum absolute atomic E-state index is 13.1. The van der Waals surface area contributed by atoms with Gasteiger partial charge in [-0.15, -0.1) is 0 Å². The van der Waals surface area contributed by atoms with Crippen LogP contribution in [0.15, 0.2) is 48.5 Å². The number of likely N-dealkylation sites (N-methyl/N-ethyl adjacent to an activating group) is 1. The Morgan fingerprint density at radius 3 is 2.28 bits per heavy atom. The lowest BCUT2D eigenvalue weighted by Gasteiger charge is -2.40. The van der Waals surface area contributed by atoms with E-state index in [1.54, 1.807) is 45.6 Å². The zero-order valence-corrected chi connectivity index (χ0v) is 17.4. The van der Waals surface area contributed by atoms with Crippen molar-refractivity contribution in [3.8, 4) is 17.2 Å². The van der Waals surface area contributed by atoms with E-state index < -0.39 is 0 Å². The number of piperazine rings is 1. The zero-order chi connectivity index (χ0) is 20.8. The first-order chi connectivity index (χ1) is 14.1. The Hall–Kier alpha value is -2.99. The first kappa shape index (κ1) is 20.7. The second kappa shape index (κ2) is 9.47. The number of rotatable bonds is 6. The van der Waals surface area contributed by atoms with Crippen LogP contribution in [-0.2, 0) is 4.79 Å². The highest BCUT2D eigenvalue weighted by atomic mass is 16.5. The minimum absolute atomic E-state index is 0.0243. The van der Waals surface area contributed by atoms with Crippen LogP contribution in [0.3, 0.4) is 0 Å². The fourth-order valence-corrected chi connectivity index (χ4v) is 3.58. The minimum Gasteiger partial charge on any atom is -0.496 e. The quantitative estimate of drug-likeness (QED) is 0.702. The summed E-state index contributed by atoms with van der Waals surface area (Å²) >= 11 is 0. The van der Waals surface area contributed by atoms with Crippen molar-refractivity contribution < 1.29 is 19.0 Å². The molecule has 0 spiro atoms. The lowest BCUT2D eigenvalue weighted by molar-refractivity contribution is -0.130. The number of nitrogens with zero attached hydrogens (tertiary/aromatic N) is 2. The first-order valence-corrected chi connectivity index (χ1v) is 9.59. The molecular weight excluding hydrogens is 368 g/mol. The van der Waals surface area contributed by atoms with Gasteiger partial charge in [0.2, 0.25) is 5.91 Å². The number of hydrogen-bond donors (Lipinski definition) is 0. The molecule has 1 aliphatic rings. The minimum atomic E-state index is -0.0243. The summed E-state index contributed by atoms with van der Waals surface area (Å²) in [5.74, 6) is 1.76. The van der Waals surface area contributed by atoms with Crippen molar-refractivity contribution >= 4 is 12.0 Å². The van der Waals surface area contributed by atoms with Crippen LogP contribution in [0.1, 0.15) is 17.2 Å². The van der Waals surface area contributed by atoms with Crippen LogP contribution in [0.4, 0.5) is 0 Å². The number of carbonyl (C=O) groups excluding carboxylic acids is 1. The summed E-state index contributed by atoms with van der Waals surface area (Å²) in [5, 5.41) is 0. The van der Waals surface area contributed by atoms with Crippen LogP contribution >= 0.6 is 0 Å². The molecule has 0 N–H and O–H groups in total. The Morgan fingerprint density at radius 1 is 0.966 bits per heavy atom. The standard InChI is InChI=1S/C23H28N2O4/c1-24-12-13-25(19(16-24)17-8-6-5-7-9-17)23(26)11-10-18-14-21(28-3)22(29-4)15-20(18)27-2/h5-11,14-15,19H,12-13,16H2,1-4H3/b11-10+. The number of carbonyl (C=O) groups is 1. The summed E-state index contributed by atoms with van der Waals surface area (Å²) in [4.78, 5) is 17.2. The molecule has 6 heteroatoms. The van der Waals surface area contributed by atoms with Crippen molar-refractivity contribution in [1.29, 1.82) is 0 Å². The molecule has 1 atom stereocenters. The number of benzene rings is 2. The highest BCUT2D eigenvalue weighted by Crippen LogP contribution is 2.35. The number of amides is 1. The highest BCUT2D eigenvalue weighted by Gasteiger charge is 2.29. The third kappa shape index (κ3) is 4.71. The van der Waals surface area contributed by atoms with E-state index in [4.69, 9.17) is 14.2 Å². The molecule has 1 fully saturated rings. The van der Waals surface area contributed by atoms with Gasteiger partial charge in [0.15, 0.2) is 11.5 Å². The molecule has 2 aromatic rings. The van der Waals surface area contributed by atoms with Crippen LogP contribution in [0.2, 0.25) is 0 Å². The van der Waals surface area contributed by atoms with Gasteiger partial charge in [-0.3, -0.25) is 4.79 Å². The van der Waals surface area contributed by atoms with Gasteiger partial charge in [0.1, 0.15) is 5.75 Å². The lowest BCUT2D eigenvalue weighted by Crippen LogP contribution is -2.48. The molecule has 0 saturated carbocycles. The van der Waals surface area contributed by atoms with E-state index in [2.05, 4.69) is 24.1 Å². The SMILES string of the molecule is COc1cc(OC)c(OC)cc1/C=C/C(=O)N1CCN(C)CC1c1ccccc1. The third-order valence-corrected chi connectivity index (χ3v) is 5.19. The van der Waals surface area contributed by atoms with E-state index in [-0.39, 0.29) is 11.9 Å². The van der Waals surface area contributed by atoms with Crippen LogP contribution in [0.25, 0.3) is 6.08 Å². The normalized spacial score (nSPS) is 17.4. The van der Waals surface area contributed by atoms with Gasteiger partial charge < -0.3 is 24.0 Å². The van der Waals surface area contributed by atoms with Crippen molar-refractivity contribution in [2.45, 2.75) is 6.04 Å². The van der Waals surface area contributed by atoms with Crippen molar-refractivity contribution in [2.24, 2.45) is 0 Å². The Bertz CT molecular complexity index is 867.